The van der Waals surface area contributed by atoms with Gasteiger partial charge in [0.25, 0.3) is 11.8 Å². The van der Waals surface area contributed by atoms with E-state index in [-0.39, 0.29) is 35.8 Å². The molecule has 2 aromatic carbocycles. The van der Waals surface area contributed by atoms with E-state index in [0.29, 0.717) is 0 Å². The molecule has 0 aromatic heterocycles. The first-order valence-electron chi connectivity index (χ1n) is 13.6. The Labute approximate surface area is 251 Å². The number of ether oxygens (including phenoxy) is 3. The molecule has 1 aliphatic heterocycles. The number of methoxy groups -OCH3 is 1. The number of rotatable bonds is 10. The number of esters is 1. The molecule has 1 aliphatic carbocycles. The van der Waals surface area contributed by atoms with Gasteiger partial charge in [-0.2, -0.15) is 0 Å². The summed E-state index contributed by atoms with van der Waals surface area (Å²) < 4.78 is 57.1. The number of hydrogen-bond donors (Lipinski definition) is 1. The van der Waals surface area contributed by atoms with Crippen molar-refractivity contribution in [2.24, 2.45) is 0 Å². The van der Waals surface area contributed by atoms with Crippen LogP contribution >= 0.6 is 11.6 Å². The molecule has 43 heavy (non-hydrogen) atoms. The Morgan fingerprint density at radius 1 is 1.14 bits per heavy atom. The van der Waals surface area contributed by atoms with Crippen LogP contribution in [0.1, 0.15) is 37.8 Å². The quantitative estimate of drug-likeness (QED) is 0.393. The molecule has 2 aliphatic rings. The van der Waals surface area contributed by atoms with Gasteiger partial charge in [-0.1, -0.05) is 35.9 Å². The zero-order valence-electron chi connectivity index (χ0n) is 23.4. The lowest BCUT2D eigenvalue weighted by atomic mass is 9.87. The highest BCUT2D eigenvalue weighted by molar-refractivity contribution is 6.31. The lowest BCUT2D eigenvalue weighted by molar-refractivity contribution is -0.150. The van der Waals surface area contributed by atoms with E-state index in [1.165, 1.54) is 24.3 Å². The lowest BCUT2D eigenvalue weighted by Crippen LogP contribution is -2.56. The largest absolute Gasteiger partial charge is 0.464 e. The van der Waals surface area contributed by atoms with E-state index in [0.717, 1.165) is 29.0 Å². The highest BCUT2D eigenvalue weighted by Gasteiger charge is 2.49. The van der Waals surface area contributed by atoms with Crippen LogP contribution in [0.2, 0.25) is 5.02 Å². The third-order valence-electron chi connectivity index (χ3n) is 7.17. The number of nitrogens with one attached hydrogen (secondary N) is 1. The summed E-state index contributed by atoms with van der Waals surface area (Å²) in [5, 5.41) is 2.65. The van der Waals surface area contributed by atoms with Crippen LogP contribution in [-0.2, 0) is 28.6 Å². The molecular formula is C29H31ClF3N3O7. The predicted molar refractivity (Wildman–Crippen MR) is 148 cm³/mol. The van der Waals surface area contributed by atoms with Crippen molar-refractivity contribution in [3.05, 3.63) is 64.9 Å². The van der Waals surface area contributed by atoms with E-state index in [4.69, 9.17) is 25.8 Å². The number of likely N-dealkylation sites (tertiary alicyclic amines) is 1. The Kier molecular flexibility index (Phi) is 10.2. The summed E-state index contributed by atoms with van der Waals surface area (Å²) in [6.07, 6.45) is -2.95. The zero-order chi connectivity index (χ0) is 31.3. The van der Waals surface area contributed by atoms with Gasteiger partial charge in [-0.15, -0.1) is 0 Å². The van der Waals surface area contributed by atoms with Gasteiger partial charge in [0.2, 0.25) is 5.91 Å². The normalized spacial score (nSPS) is 20.1. The minimum Gasteiger partial charge on any atom is -0.464 e. The molecular weight excluding hydrogens is 595 g/mol. The molecule has 2 aromatic rings. The number of hydrogen-bond acceptors (Lipinski definition) is 7. The number of anilines is 1. The summed E-state index contributed by atoms with van der Waals surface area (Å²) in [7, 11) is 1.12. The average Bonchev–Trinajstić information content (AvgIpc) is 3.38. The van der Waals surface area contributed by atoms with Gasteiger partial charge < -0.3 is 19.5 Å². The van der Waals surface area contributed by atoms with E-state index in [2.05, 4.69) is 5.32 Å². The fourth-order valence-electron chi connectivity index (χ4n) is 5.19. The first-order chi connectivity index (χ1) is 20.4. The van der Waals surface area contributed by atoms with Crippen LogP contribution in [0.4, 0.5) is 23.7 Å². The molecule has 3 atom stereocenters. The standard InChI is InChI=1S/C29H31ClF3N3O7/c1-3-42-24(37)16-43-20-12-23(35(15-20)28(40)41-2)27(39)36(19-8-6-7-17(31)11-19)25(21-9-4-5-10-22(21)30)26(38)34-18-13-29(32,33)14-18/h4-11,18,20,23,25H,3,12-16H2,1-2H3,(H,34,38)/t20-,23+,25?/m1/s1. The van der Waals surface area contributed by atoms with Gasteiger partial charge in [0, 0.05) is 41.6 Å². The van der Waals surface area contributed by atoms with Crippen molar-refractivity contribution in [3.8, 4) is 0 Å². The van der Waals surface area contributed by atoms with Crippen LogP contribution in [0.3, 0.4) is 0 Å². The molecule has 232 valence electrons. The fourth-order valence-corrected chi connectivity index (χ4v) is 5.43. The monoisotopic (exact) mass is 625 g/mol. The van der Waals surface area contributed by atoms with Gasteiger partial charge in [0.05, 0.1) is 26.4 Å². The molecule has 0 spiro atoms. The molecule has 0 bridgehead atoms. The van der Waals surface area contributed by atoms with Crippen molar-refractivity contribution in [3.63, 3.8) is 0 Å². The zero-order valence-corrected chi connectivity index (χ0v) is 24.2. The molecule has 4 rings (SSSR count). The van der Waals surface area contributed by atoms with Crippen molar-refractivity contribution in [1.82, 2.24) is 10.2 Å². The second kappa shape index (κ2) is 13.6. The van der Waals surface area contributed by atoms with Gasteiger partial charge >= 0.3 is 12.1 Å². The molecule has 0 radical (unpaired) electrons. The molecule has 1 unspecified atom stereocenters. The molecule has 1 N–H and O–H groups in total. The Morgan fingerprint density at radius 3 is 2.49 bits per heavy atom. The van der Waals surface area contributed by atoms with Crippen LogP contribution < -0.4 is 10.2 Å². The van der Waals surface area contributed by atoms with Crippen LogP contribution in [0.15, 0.2) is 48.5 Å². The van der Waals surface area contributed by atoms with Crippen LogP contribution in [-0.4, -0.2) is 79.8 Å². The maximum absolute atomic E-state index is 14.5. The first-order valence-corrected chi connectivity index (χ1v) is 13.9. The molecule has 2 fully saturated rings. The topological polar surface area (TPSA) is 114 Å². The number of halogens is 4. The minimum absolute atomic E-state index is 0.0512. The van der Waals surface area contributed by atoms with Gasteiger partial charge in [-0.3, -0.25) is 19.4 Å². The van der Waals surface area contributed by atoms with Crippen molar-refractivity contribution in [2.45, 2.75) is 56.3 Å². The summed E-state index contributed by atoms with van der Waals surface area (Å²) in [4.78, 5) is 55.0. The maximum Gasteiger partial charge on any atom is 0.410 e. The molecule has 3 amide bonds. The molecule has 14 heteroatoms. The number of benzene rings is 2. The van der Waals surface area contributed by atoms with E-state index in [9.17, 15) is 32.3 Å². The summed E-state index contributed by atoms with van der Waals surface area (Å²) in [6.45, 7) is 1.19. The molecule has 1 heterocycles. The van der Waals surface area contributed by atoms with E-state index in [1.807, 2.05) is 0 Å². The third kappa shape index (κ3) is 7.57. The minimum atomic E-state index is -2.93. The molecule has 1 saturated carbocycles. The smallest absolute Gasteiger partial charge is 0.410 e. The fraction of sp³-hybridized carbons (Fsp3) is 0.448. The van der Waals surface area contributed by atoms with Gasteiger partial charge in [-0.25, -0.2) is 22.8 Å². The number of carbonyl (C=O) groups is 4. The molecule has 1 saturated heterocycles. The summed E-state index contributed by atoms with van der Waals surface area (Å²) >= 11 is 6.48. The predicted octanol–water partition coefficient (Wildman–Crippen LogP) is 4.26. The van der Waals surface area contributed by atoms with Gasteiger partial charge in [0.1, 0.15) is 24.5 Å². The first kappa shape index (κ1) is 32.1. The lowest BCUT2D eigenvalue weighted by Gasteiger charge is -2.39. The van der Waals surface area contributed by atoms with Crippen LogP contribution in [0.5, 0.6) is 0 Å². The maximum atomic E-state index is 14.5. The average molecular weight is 626 g/mol. The van der Waals surface area contributed by atoms with Crippen molar-refractivity contribution in [2.75, 3.05) is 31.8 Å². The second-order valence-electron chi connectivity index (χ2n) is 10.2. The summed E-state index contributed by atoms with van der Waals surface area (Å²) in [6, 6.07) is 7.34. The van der Waals surface area contributed by atoms with Crippen molar-refractivity contribution < 1.29 is 46.6 Å². The number of nitrogens with zero attached hydrogens (tertiary/aromatic N) is 2. The van der Waals surface area contributed by atoms with E-state index >= 15 is 0 Å². The number of amides is 3. The van der Waals surface area contributed by atoms with E-state index < -0.39 is 79.3 Å². The summed E-state index contributed by atoms with van der Waals surface area (Å²) in [5.74, 6) is -5.94. The Hall–Kier alpha value is -3.84. The van der Waals surface area contributed by atoms with E-state index in [1.54, 1.807) is 19.1 Å². The molecule has 10 nitrogen and oxygen atoms in total. The van der Waals surface area contributed by atoms with Gasteiger partial charge in [0.15, 0.2) is 0 Å². The SMILES string of the molecule is CCOC(=O)CO[C@@H]1C[C@@H](C(=O)N(c2cccc(F)c2)C(C(=O)NC2CC(F)(F)C2)c2ccccc2Cl)N(C(=O)OC)C1. The van der Waals surface area contributed by atoms with Crippen molar-refractivity contribution >= 4 is 41.2 Å². The third-order valence-corrected chi connectivity index (χ3v) is 7.51. The highest BCUT2D eigenvalue weighted by Crippen LogP contribution is 2.39. The number of alkyl halides is 2. The van der Waals surface area contributed by atoms with Gasteiger partial charge in [-0.05, 0) is 31.2 Å². The Morgan fingerprint density at radius 2 is 1.86 bits per heavy atom. The van der Waals surface area contributed by atoms with Crippen molar-refractivity contribution in [1.29, 1.82) is 0 Å². The highest BCUT2D eigenvalue weighted by atomic mass is 35.5. The summed E-state index contributed by atoms with van der Waals surface area (Å²) in [5.41, 5.74) is 0.0906. The Balaban J connectivity index is 1.74. The van der Waals surface area contributed by atoms with Crippen LogP contribution in [0.25, 0.3) is 0 Å². The second-order valence-corrected chi connectivity index (χ2v) is 10.6. The Bertz CT molecular complexity index is 1360. The van der Waals surface area contributed by atoms with Crippen LogP contribution in [0, 0.1) is 5.82 Å². The number of carbonyl (C=O) groups excluding carboxylic acids is 4.